The average Bonchev–Trinajstić information content (AvgIpc) is 2.78. The Hall–Kier alpha value is -2.17. The second kappa shape index (κ2) is 5.25. The molecule has 1 aromatic heterocycles. The van der Waals surface area contributed by atoms with Crippen LogP contribution in [0.3, 0.4) is 0 Å². The van der Waals surface area contributed by atoms with Crippen molar-refractivity contribution in [3.05, 3.63) is 42.0 Å². The maximum Gasteiger partial charge on any atom is 0.248 e. The lowest BCUT2D eigenvalue weighted by Gasteiger charge is -2.04. The van der Waals surface area contributed by atoms with Crippen LogP contribution in [0.1, 0.15) is 13.8 Å². The van der Waals surface area contributed by atoms with Crippen molar-refractivity contribution < 1.29 is 0 Å². The molecule has 2 aromatic rings. The van der Waals surface area contributed by atoms with Gasteiger partial charge in [-0.05, 0) is 36.4 Å². The number of hydrogen-bond acceptors (Lipinski definition) is 4. The minimum atomic E-state index is 0.647. The largest absolute Gasteiger partial charge is 0.349 e. The van der Waals surface area contributed by atoms with Crippen LogP contribution in [0.5, 0.6) is 0 Å². The molecule has 0 aliphatic heterocycles. The molecule has 0 saturated heterocycles. The summed E-state index contributed by atoms with van der Waals surface area (Å²) in [5.74, 6) is 0.647. The Balaban J connectivity index is 2.15. The van der Waals surface area contributed by atoms with E-state index >= 15 is 0 Å². The number of tetrazole rings is 1. The van der Waals surface area contributed by atoms with E-state index in [2.05, 4.69) is 40.8 Å². The summed E-state index contributed by atoms with van der Waals surface area (Å²) in [6, 6.07) is 9.79. The number of anilines is 1. The summed E-state index contributed by atoms with van der Waals surface area (Å²) in [5, 5.41) is 14.8. The second-order valence-electron chi connectivity index (χ2n) is 3.91. The van der Waals surface area contributed by atoms with Crippen molar-refractivity contribution in [2.45, 2.75) is 13.8 Å². The number of para-hydroxylation sites is 1. The SMILES string of the molecule is CC(C)=CCNc1nnnn1-c1ccccc1. The van der Waals surface area contributed by atoms with Gasteiger partial charge in [-0.1, -0.05) is 34.9 Å². The zero-order valence-electron chi connectivity index (χ0n) is 9.96. The van der Waals surface area contributed by atoms with E-state index in [1.165, 1.54) is 5.57 Å². The summed E-state index contributed by atoms with van der Waals surface area (Å²) >= 11 is 0. The molecular weight excluding hydrogens is 214 g/mol. The first kappa shape index (κ1) is 11.3. The van der Waals surface area contributed by atoms with Crippen molar-refractivity contribution in [2.75, 3.05) is 11.9 Å². The molecule has 0 bridgehead atoms. The van der Waals surface area contributed by atoms with Gasteiger partial charge in [-0.15, -0.1) is 0 Å². The molecule has 0 aliphatic carbocycles. The Kier molecular flexibility index (Phi) is 3.49. The second-order valence-corrected chi connectivity index (χ2v) is 3.91. The molecule has 17 heavy (non-hydrogen) atoms. The molecule has 0 spiro atoms. The van der Waals surface area contributed by atoms with Gasteiger partial charge in [0.15, 0.2) is 0 Å². The maximum atomic E-state index is 3.96. The lowest BCUT2D eigenvalue weighted by molar-refractivity contribution is 0.790. The molecule has 0 aliphatic rings. The molecule has 5 nitrogen and oxygen atoms in total. The summed E-state index contributed by atoms with van der Waals surface area (Å²) in [6.45, 7) is 4.83. The molecule has 0 radical (unpaired) electrons. The maximum absolute atomic E-state index is 3.96. The van der Waals surface area contributed by atoms with Crippen LogP contribution in [0.2, 0.25) is 0 Å². The molecule has 0 saturated carbocycles. The molecule has 1 aromatic carbocycles. The number of nitrogens with zero attached hydrogens (tertiary/aromatic N) is 4. The van der Waals surface area contributed by atoms with Gasteiger partial charge in [0, 0.05) is 6.54 Å². The summed E-state index contributed by atoms with van der Waals surface area (Å²) < 4.78 is 1.68. The predicted octanol–water partition coefficient (Wildman–Crippen LogP) is 2.04. The van der Waals surface area contributed by atoms with Gasteiger partial charge in [0.05, 0.1) is 5.69 Å². The number of nitrogens with one attached hydrogen (secondary N) is 1. The number of rotatable bonds is 4. The summed E-state index contributed by atoms with van der Waals surface area (Å²) in [7, 11) is 0. The van der Waals surface area contributed by atoms with Gasteiger partial charge < -0.3 is 5.32 Å². The number of hydrogen-bond donors (Lipinski definition) is 1. The lowest BCUT2D eigenvalue weighted by Crippen LogP contribution is -2.07. The molecule has 0 unspecified atom stereocenters. The van der Waals surface area contributed by atoms with Gasteiger partial charge >= 0.3 is 0 Å². The van der Waals surface area contributed by atoms with E-state index in [0.29, 0.717) is 5.95 Å². The summed E-state index contributed by atoms with van der Waals surface area (Å²) in [6.07, 6.45) is 2.09. The number of benzene rings is 1. The number of aromatic nitrogens is 4. The Morgan fingerprint density at radius 2 is 2.06 bits per heavy atom. The van der Waals surface area contributed by atoms with Crippen LogP contribution in [0, 0.1) is 0 Å². The van der Waals surface area contributed by atoms with Crippen molar-refractivity contribution in [1.29, 1.82) is 0 Å². The van der Waals surface area contributed by atoms with Crippen molar-refractivity contribution in [1.82, 2.24) is 20.2 Å². The number of allylic oxidation sites excluding steroid dienone is 1. The van der Waals surface area contributed by atoms with Crippen LogP contribution in [0.15, 0.2) is 42.0 Å². The summed E-state index contributed by atoms with van der Waals surface area (Å²) in [4.78, 5) is 0. The van der Waals surface area contributed by atoms with Crippen LogP contribution in [0.25, 0.3) is 5.69 Å². The van der Waals surface area contributed by atoms with Crippen molar-refractivity contribution in [3.63, 3.8) is 0 Å². The first-order chi connectivity index (χ1) is 8.27. The fraction of sp³-hybridized carbons (Fsp3) is 0.250. The zero-order valence-corrected chi connectivity index (χ0v) is 9.96. The highest BCUT2D eigenvalue weighted by Gasteiger charge is 2.05. The minimum Gasteiger partial charge on any atom is -0.349 e. The first-order valence-electron chi connectivity index (χ1n) is 5.48. The van der Waals surface area contributed by atoms with Gasteiger partial charge in [0.1, 0.15) is 0 Å². The van der Waals surface area contributed by atoms with E-state index in [0.717, 1.165) is 12.2 Å². The van der Waals surface area contributed by atoms with Crippen LogP contribution in [-0.2, 0) is 0 Å². The molecule has 88 valence electrons. The van der Waals surface area contributed by atoms with E-state index < -0.39 is 0 Å². The minimum absolute atomic E-state index is 0.647. The molecular formula is C12H15N5. The molecule has 1 N–H and O–H groups in total. The van der Waals surface area contributed by atoms with Crippen molar-refractivity contribution in [2.24, 2.45) is 0 Å². The standard InChI is InChI=1S/C12H15N5/c1-10(2)8-9-13-12-14-15-16-17(12)11-6-4-3-5-7-11/h3-8H,9H2,1-2H3,(H,13,14,16). The van der Waals surface area contributed by atoms with E-state index in [4.69, 9.17) is 0 Å². The topological polar surface area (TPSA) is 55.6 Å². The highest BCUT2D eigenvalue weighted by Crippen LogP contribution is 2.10. The fourth-order valence-corrected chi connectivity index (χ4v) is 1.39. The third kappa shape index (κ3) is 2.90. The van der Waals surface area contributed by atoms with E-state index in [-0.39, 0.29) is 0 Å². The van der Waals surface area contributed by atoms with Crippen molar-refractivity contribution >= 4 is 5.95 Å². The monoisotopic (exact) mass is 229 g/mol. The molecule has 0 atom stereocenters. The third-order valence-electron chi connectivity index (χ3n) is 2.24. The lowest BCUT2D eigenvalue weighted by atomic mass is 10.3. The van der Waals surface area contributed by atoms with Gasteiger partial charge in [-0.3, -0.25) is 0 Å². The Morgan fingerprint density at radius 3 is 2.76 bits per heavy atom. The normalized spacial score (nSPS) is 10.0. The van der Waals surface area contributed by atoms with E-state index in [1.54, 1.807) is 4.68 Å². The fourth-order valence-electron chi connectivity index (χ4n) is 1.39. The van der Waals surface area contributed by atoms with Crippen LogP contribution in [-0.4, -0.2) is 26.8 Å². The predicted molar refractivity (Wildman–Crippen MR) is 67.1 cm³/mol. The highest BCUT2D eigenvalue weighted by molar-refractivity contribution is 5.38. The Bertz CT molecular complexity index is 497. The highest BCUT2D eigenvalue weighted by atomic mass is 15.6. The first-order valence-corrected chi connectivity index (χ1v) is 5.48. The van der Waals surface area contributed by atoms with E-state index in [1.807, 2.05) is 30.3 Å². The molecule has 0 fully saturated rings. The third-order valence-corrected chi connectivity index (χ3v) is 2.24. The van der Waals surface area contributed by atoms with Crippen LogP contribution < -0.4 is 5.32 Å². The molecule has 5 heteroatoms. The summed E-state index contributed by atoms with van der Waals surface area (Å²) in [5.41, 5.74) is 2.20. The Morgan fingerprint density at radius 1 is 1.29 bits per heavy atom. The van der Waals surface area contributed by atoms with Gasteiger partial charge in [-0.25, -0.2) is 0 Å². The van der Waals surface area contributed by atoms with E-state index in [9.17, 15) is 0 Å². The smallest absolute Gasteiger partial charge is 0.248 e. The quantitative estimate of drug-likeness (QED) is 0.815. The van der Waals surface area contributed by atoms with Gasteiger partial charge in [-0.2, -0.15) is 4.68 Å². The van der Waals surface area contributed by atoms with Crippen LogP contribution in [0.4, 0.5) is 5.95 Å². The van der Waals surface area contributed by atoms with Gasteiger partial charge in [0.2, 0.25) is 5.95 Å². The van der Waals surface area contributed by atoms with Crippen LogP contribution >= 0.6 is 0 Å². The Labute approximate surface area is 100 Å². The zero-order chi connectivity index (χ0) is 12.1. The molecule has 0 amide bonds. The molecule has 1 heterocycles. The van der Waals surface area contributed by atoms with Crippen molar-refractivity contribution in [3.8, 4) is 5.69 Å². The van der Waals surface area contributed by atoms with Gasteiger partial charge in [0.25, 0.3) is 0 Å². The molecule has 2 rings (SSSR count). The average molecular weight is 229 g/mol.